The second-order valence-electron chi connectivity index (χ2n) is 6.33. The van der Waals surface area contributed by atoms with Gasteiger partial charge in [0.2, 0.25) is 5.91 Å². The van der Waals surface area contributed by atoms with Crippen LogP contribution in [0.15, 0.2) is 18.2 Å². The first-order chi connectivity index (χ1) is 11.5. The van der Waals surface area contributed by atoms with Gasteiger partial charge in [0.1, 0.15) is 5.75 Å². The monoisotopic (exact) mass is 373 g/mol. The molecule has 0 aromatic heterocycles. The minimum absolute atomic E-state index is 0.103. The normalized spacial score (nSPS) is 20.7. The quantitative estimate of drug-likeness (QED) is 0.729. The Morgan fingerprint density at radius 3 is 2.79 bits per heavy atom. The number of hydrogen-bond acceptors (Lipinski definition) is 3. The first kappa shape index (κ1) is 19.4. The van der Waals surface area contributed by atoms with Crippen molar-refractivity contribution in [3.63, 3.8) is 0 Å². The highest BCUT2D eigenvalue weighted by Gasteiger charge is 2.29. The molecule has 0 saturated heterocycles. The summed E-state index contributed by atoms with van der Waals surface area (Å²) in [4.78, 5) is 14.2. The number of benzene rings is 1. The molecule has 134 valence electrons. The number of amides is 1. The summed E-state index contributed by atoms with van der Waals surface area (Å²) in [5.41, 5.74) is 0. The Morgan fingerprint density at radius 2 is 2.08 bits per heavy atom. The zero-order chi connectivity index (χ0) is 17.5. The van der Waals surface area contributed by atoms with Crippen molar-refractivity contribution in [3.8, 4) is 5.75 Å². The number of ether oxygens (including phenoxy) is 1. The molecule has 1 aliphatic rings. The van der Waals surface area contributed by atoms with Crippen molar-refractivity contribution < 1.29 is 14.6 Å². The van der Waals surface area contributed by atoms with Crippen LogP contribution in [-0.4, -0.2) is 42.2 Å². The van der Waals surface area contributed by atoms with Gasteiger partial charge in [0.05, 0.1) is 11.6 Å². The summed E-state index contributed by atoms with van der Waals surface area (Å²) in [5, 5.41) is 10.5. The van der Waals surface area contributed by atoms with Crippen LogP contribution in [0, 0.1) is 5.92 Å². The van der Waals surface area contributed by atoms with Gasteiger partial charge < -0.3 is 14.7 Å². The molecule has 24 heavy (non-hydrogen) atoms. The van der Waals surface area contributed by atoms with Crippen LogP contribution in [0.4, 0.5) is 0 Å². The Morgan fingerprint density at radius 1 is 1.33 bits per heavy atom. The van der Waals surface area contributed by atoms with Gasteiger partial charge in [-0.2, -0.15) is 0 Å². The average Bonchev–Trinajstić information content (AvgIpc) is 2.59. The minimum Gasteiger partial charge on any atom is -0.492 e. The fourth-order valence-corrected chi connectivity index (χ4v) is 3.73. The topological polar surface area (TPSA) is 49.8 Å². The third kappa shape index (κ3) is 5.27. The van der Waals surface area contributed by atoms with Gasteiger partial charge in [-0.1, -0.05) is 36.0 Å². The molecule has 1 amide bonds. The molecule has 0 heterocycles. The summed E-state index contributed by atoms with van der Waals surface area (Å²) in [6, 6.07) is 5.24. The van der Waals surface area contributed by atoms with Crippen LogP contribution in [0.25, 0.3) is 0 Å². The van der Waals surface area contributed by atoms with E-state index >= 15 is 0 Å². The summed E-state index contributed by atoms with van der Waals surface area (Å²) >= 11 is 11.9. The van der Waals surface area contributed by atoms with E-state index in [4.69, 9.17) is 27.9 Å². The molecule has 1 aromatic carbocycles. The lowest BCUT2D eigenvalue weighted by Crippen LogP contribution is -2.44. The highest BCUT2D eigenvalue weighted by Crippen LogP contribution is 2.29. The molecule has 0 bridgehead atoms. The maximum atomic E-state index is 12.4. The van der Waals surface area contributed by atoms with Crippen molar-refractivity contribution in [3.05, 3.63) is 28.2 Å². The number of carbonyl (C=O) groups is 1. The summed E-state index contributed by atoms with van der Waals surface area (Å²) in [7, 11) is 1.85. The van der Waals surface area contributed by atoms with E-state index in [0.717, 1.165) is 25.7 Å². The lowest BCUT2D eigenvalue weighted by Gasteiger charge is -2.37. The molecule has 1 N–H and O–H groups in total. The number of aliphatic hydroxyl groups excluding tert-OH is 1. The molecule has 1 saturated carbocycles. The third-order valence-corrected chi connectivity index (χ3v) is 5.21. The van der Waals surface area contributed by atoms with E-state index in [1.54, 1.807) is 18.2 Å². The van der Waals surface area contributed by atoms with Gasteiger partial charge >= 0.3 is 0 Å². The van der Waals surface area contributed by atoms with E-state index in [0.29, 0.717) is 35.2 Å². The van der Waals surface area contributed by atoms with Crippen molar-refractivity contribution in [2.75, 3.05) is 20.3 Å². The van der Waals surface area contributed by atoms with Crippen LogP contribution in [0.5, 0.6) is 5.75 Å². The predicted octanol–water partition coefficient (Wildman–Crippen LogP) is 4.16. The zero-order valence-corrected chi connectivity index (χ0v) is 15.5. The van der Waals surface area contributed by atoms with Gasteiger partial charge in [-0.15, -0.1) is 0 Å². The highest BCUT2D eigenvalue weighted by molar-refractivity contribution is 6.35. The van der Waals surface area contributed by atoms with Gasteiger partial charge in [0.25, 0.3) is 0 Å². The van der Waals surface area contributed by atoms with E-state index in [1.165, 1.54) is 0 Å². The molecule has 0 radical (unpaired) electrons. The number of carbonyl (C=O) groups excluding carboxylic acids is 1. The van der Waals surface area contributed by atoms with E-state index in [2.05, 4.69) is 0 Å². The fraction of sp³-hybridized carbons (Fsp3) is 0.611. The Bertz CT molecular complexity index is 553. The van der Waals surface area contributed by atoms with Crippen LogP contribution in [0.1, 0.15) is 38.5 Å². The highest BCUT2D eigenvalue weighted by atomic mass is 35.5. The molecule has 4 nitrogen and oxygen atoms in total. The van der Waals surface area contributed by atoms with E-state index < -0.39 is 0 Å². The van der Waals surface area contributed by atoms with Crippen LogP contribution in [0.2, 0.25) is 10.0 Å². The van der Waals surface area contributed by atoms with Crippen molar-refractivity contribution in [2.24, 2.45) is 5.92 Å². The lowest BCUT2D eigenvalue weighted by molar-refractivity contribution is -0.134. The zero-order valence-electron chi connectivity index (χ0n) is 14.0. The number of nitrogens with zero attached hydrogens (tertiary/aromatic N) is 1. The average molecular weight is 374 g/mol. The Balaban J connectivity index is 1.76. The number of halogens is 2. The molecular formula is C18H25Cl2NO3. The maximum absolute atomic E-state index is 12.4. The first-order valence-corrected chi connectivity index (χ1v) is 9.23. The third-order valence-electron chi connectivity index (χ3n) is 4.68. The van der Waals surface area contributed by atoms with Gasteiger partial charge in [0.15, 0.2) is 0 Å². The standard InChI is InChI=1S/C18H25Cl2NO3/c1-21(16-6-3-2-5-13(16)12-22)18(23)7-4-10-24-17-9-8-14(19)11-15(17)20/h8-9,11,13,16,22H,2-7,10,12H2,1H3/t13-,16?/m1/s1. The molecule has 0 spiro atoms. The molecular weight excluding hydrogens is 349 g/mol. The van der Waals surface area contributed by atoms with E-state index in [1.807, 2.05) is 11.9 Å². The van der Waals surface area contributed by atoms with Crippen LogP contribution in [-0.2, 0) is 4.79 Å². The number of aliphatic hydroxyl groups is 1. The lowest BCUT2D eigenvalue weighted by atomic mass is 9.84. The Kier molecular flexibility index (Phi) is 7.66. The summed E-state index contributed by atoms with van der Waals surface area (Å²) in [6.07, 6.45) is 5.28. The smallest absolute Gasteiger partial charge is 0.222 e. The molecule has 2 atom stereocenters. The molecule has 1 aliphatic carbocycles. The summed E-state index contributed by atoms with van der Waals surface area (Å²) in [6.45, 7) is 0.579. The van der Waals surface area contributed by atoms with Gasteiger partial charge in [-0.05, 0) is 37.5 Å². The summed E-state index contributed by atoms with van der Waals surface area (Å²) < 4.78 is 5.61. The SMILES string of the molecule is CN(C(=O)CCCOc1ccc(Cl)cc1Cl)C1CCCC[C@@H]1CO. The fourth-order valence-electron chi connectivity index (χ4n) is 3.27. The molecule has 6 heteroatoms. The van der Waals surface area contributed by atoms with E-state index in [-0.39, 0.29) is 24.5 Å². The van der Waals surface area contributed by atoms with Gasteiger partial charge in [-0.3, -0.25) is 4.79 Å². The molecule has 1 fully saturated rings. The number of hydrogen-bond donors (Lipinski definition) is 1. The summed E-state index contributed by atoms with van der Waals surface area (Å²) in [5.74, 6) is 0.887. The second-order valence-corrected chi connectivity index (χ2v) is 7.17. The molecule has 1 aromatic rings. The number of rotatable bonds is 7. The minimum atomic E-state index is 0.103. The van der Waals surface area contributed by atoms with Crippen LogP contribution >= 0.6 is 23.2 Å². The van der Waals surface area contributed by atoms with Crippen molar-refractivity contribution in [2.45, 2.75) is 44.6 Å². The van der Waals surface area contributed by atoms with Crippen LogP contribution in [0.3, 0.4) is 0 Å². The predicted molar refractivity (Wildman–Crippen MR) is 96.8 cm³/mol. The van der Waals surface area contributed by atoms with Gasteiger partial charge in [0, 0.05) is 37.1 Å². The molecule has 2 rings (SSSR count). The largest absolute Gasteiger partial charge is 0.492 e. The molecule has 1 unspecified atom stereocenters. The van der Waals surface area contributed by atoms with Crippen LogP contribution < -0.4 is 4.74 Å². The van der Waals surface area contributed by atoms with E-state index in [9.17, 15) is 9.90 Å². The Hall–Kier alpha value is -0.970. The van der Waals surface area contributed by atoms with Crippen molar-refractivity contribution >= 4 is 29.1 Å². The van der Waals surface area contributed by atoms with Crippen molar-refractivity contribution in [1.29, 1.82) is 0 Å². The van der Waals surface area contributed by atoms with Crippen molar-refractivity contribution in [1.82, 2.24) is 4.90 Å². The van der Waals surface area contributed by atoms with Gasteiger partial charge in [-0.25, -0.2) is 0 Å². The molecule has 0 aliphatic heterocycles. The second kappa shape index (κ2) is 9.50. The maximum Gasteiger partial charge on any atom is 0.222 e. The Labute approximate surface area is 153 Å². The first-order valence-electron chi connectivity index (χ1n) is 8.47.